The predicted octanol–water partition coefficient (Wildman–Crippen LogP) is 3.82. The van der Waals surface area contributed by atoms with Crippen LogP contribution < -0.4 is 4.74 Å². The second-order valence-electron chi connectivity index (χ2n) is 6.33. The molecule has 0 aliphatic heterocycles. The SMILES string of the molecule is COc1c(C)cnc(CN(C)C(=O)c2ccn(-c3cccc(Cl)c3)n2)c1C. The molecule has 0 bridgehead atoms. The summed E-state index contributed by atoms with van der Waals surface area (Å²) in [5.41, 5.74) is 3.84. The molecule has 0 saturated heterocycles. The van der Waals surface area contributed by atoms with Gasteiger partial charge in [-0.15, -0.1) is 0 Å². The maximum absolute atomic E-state index is 12.8. The van der Waals surface area contributed by atoms with E-state index in [1.54, 1.807) is 54.3 Å². The van der Waals surface area contributed by atoms with Crippen LogP contribution in [0.4, 0.5) is 0 Å². The summed E-state index contributed by atoms with van der Waals surface area (Å²) in [5.74, 6) is 0.614. The third-order valence-corrected chi connectivity index (χ3v) is 4.60. The number of rotatable bonds is 5. The molecular formula is C20H21ClN4O2. The lowest BCUT2D eigenvalue weighted by atomic mass is 10.1. The molecule has 7 heteroatoms. The lowest BCUT2D eigenvalue weighted by Gasteiger charge is -2.18. The molecule has 0 radical (unpaired) electrons. The minimum atomic E-state index is -0.184. The molecule has 0 atom stereocenters. The van der Waals surface area contributed by atoms with Crippen molar-refractivity contribution in [3.05, 3.63) is 70.3 Å². The van der Waals surface area contributed by atoms with Gasteiger partial charge in [0.25, 0.3) is 5.91 Å². The van der Waals surface area contributed by atoms with E-state index in [0.717, 1.165) is 28.3 Å². The number of hydrogen-bond donors (Lipinski definition) is 0. The highest BCUT2D eigenvalue weighted by molar-refractivity contribution is 6.30. The van der Waals surface area contributed by atoms with Crippen molar-refractivity contribution >= 4 is 17.5 Å². The number of halogens is 1. The Hall–Kier alpha value is -2.86. The maximum Gasteiger partial charge on any atom is 0.274 e. The van der Waals surface area contributed by atoms with E-state index >= 15 is 0 Å². The van der Waals surface area contributed by atoms with Crippen LogP contribution in [0.15, 0.2) is 42.7 Å². The first-order valence-corrected chi connectivity index (χ1v) is 8.84. The van der Waals surface area contributed by atoms with E-state index in [0.29, 0.717) is 17.3 Å². The van der Waals surface area contributed by atoms with E-state index < -0.39 is 0 Å². The van der Waals surface area contributed by atoms with Crippen LogP contribution in [0.25, 0.3) is 5.69 Å². The largest absolute Gasteiger partial charge is 0.496 e. The molecular weight excluding hydrogens is 364 g/mol. The van der Waals surface area contributed by atoms with Crippen LogP contribution in [0.2, 0.25) is 5.02 Å². The first-order valence-electron chi connectivity index (χ1n) is 8.47. The van der Waals surface area contributed by atoms with Crippen molar-refractivity contribution in [1.29, 1.82) is 0 Å². The fourth-order valence-corrected chi connectivity index (χ4v) is 3.11. The Morgan fingerprint density at radius 3 is 2.78 bits per heavy atom. The summed E-state index contributed by atoms with van der Waals surface area (Å²) in [4.78, 5) is 18.8. The lowest BCUT2D eigenvalue weighted by molar-refractivity contribution is 0.0776. The molecule has 0 unspecified atom stereocenters. The van der Waals surface area contributed by atoms with Crippen LogP contribution in [0.1, 0.15) is 27.3 Å². The summed E-state index contributed by atoms with van der Waals surface area (Å²) < 4.78 is 7.07. The van der Waals surface area contributed by atoms with Crippen LogP contribution in [0, 0.1) is 13.8 Å². The van der Waals surface area contributed by atoms with Crippen molar-refractivity contribution in [2.45, 2.75) is 20.4 Å². The molecule has 2 heterocycles. The number of nitrogens with zero attached hydrogens (tertiary/aromatic N) is 4. The molecule has 2 aromatic heterocycles. The molecule has 0 saturated carbocycles. The highest BCUT2D eigenvalue weighted by Gasteiger charge is 2.18. The number of hydrogen-bond acceptors (Lipinski definition) is 4. The Balaban J connectivity index is 1.79. The van der Waals surface area contributed by atoms with Crippen molar-refractivity contribution in [2.75, 3.05) is 14.2 Å². The quantitative estimate of drug-likeness (QED) is 0.671. The number of amides is 1. The summed E-state index contributed by atoms with van der Waals surface area (Å²) in [6.45, 7) is 4.26. The number of pyridine rings is 1. The summed E-state index contributed by atoms with van der Waals surface area (Å²) >= 11 is 6.02. The number of carbonyl (C=O) groups is 1. The minimum Gasteiger partial charge on any atom is -0.496 e. The molecule has 0 N–H and O–H groups in total. The molecule has 3 rings (SSSR count). The second-order valence-corrected chi connectivity index (χ2v) is 6.77. The van der Waals surface area contributed by atoms with Crippen LogP contribution in [0.3, 0.4) is 0 Å². The van der Waals surface area contributed by atoms with Crippen LogP contribution >= 0.6 is 11.6 Å². The smallest absolute Gasteiger partial charge is 0.274 e. The van der Waals surface area contributed by atoms with Crippen LogP contribution in [0.5, 0.6) is 5.75 Å². The van der Waals surface area contributed by atoms with Gasteiger partial charge >= 0.3 is 0 Å². The third-order valence-electron chi connectivity index (χ3n) is 4.36. The molecule has 6 nitrogen and oxygen atoms in total. The van der Waals surface area contributed by atoms with E-state index in [4.69, 9.17) is 16.3 Å². The zero-order chi connectivity index (χ0) is 19.6. The Morgan fingerprint density at radius 1 is 1.30 bits per heavy atom. The highest BCUT2D eigenvalue weighted by Crippen LogP contribution is 2.24. The average Bonchev–Trinajstić information content (AvgIpc) is 3.14. The molecule has 27 heavy (non-hydrogen) atoms. The molecule has 3 aromatic rings. The third kappa shape index (κ3) is 3.95. The van der Waals surface area contributed by atoms with Gasteiger partial charge in [-0.3, -0.25) is 9.78 Å². The van der Waals surface area contributed by atoms with Crippen molar-refractivity contribution in [3.8, 4) is 11.4 Å². The standard InChI is InChI=1S/C20H21ClN4O2/c1-13-11-22-18(14(2)19(13)27-4)12-24(3)20(26)17-8-9-25(23-17)16-7-5-6-15(21)10-16/h5-11H,12H2,1-4H3. The monoisotopic (exact) mass is 384 g/mol. The minimum absolute atomic E-state index is 0.184. The van der Waals surface area contributed by atoms with Gasteiger partial charge in [-0.1, -0.05) is 17.7 Å². The number of ether oxygens (including phenoxy) is 1. The number of methoxy groups -OCH3 is 1. The summed E-state index contributed by atoms with van der Waals surface area (Å²) in [6.07, 6.45) is 3.50. The van der Waals surface area contributed by atoms with Crippen molar-refractivity contribution in [3.63, 3.8) is 0 Å². The number of benzene rings is 1. The highest BCUT2D eigenvalue weighted by atomic mass is 35.5. The van der Waals surface area contributed by atoms with Crippen LogP contribution in [-0.4, -0.2) is 39.7 Å². The van der Waals surface area contributed by atoms with E-state index in [2.05, 4.69) is 10.1 Å². The van der Waals surface area contributed by atoms with E-state index in [1.807, 2.05) is 26.0 Å². The topological polar surface area (TPSA) is 60.2 Å². The zero-order valence-corrected chi connectivity index (χ0v) is 16.5. The van der Waals surface area contributed by atoms with E-state index in [1.165, 1.54) is 0 Å². The number of aryl methyl sites for hydroxylation is 1. The van der Waals surface area contributed by atoms with Gasteiger partial charge in [0.1, 0.15) is 5.75 Å². The molecule has 1 amide bonds. The van der Waals surface area contributed by atoms with Crippen LogP contribution in [-0.2, 0) is 6.54 Å². The van der Waals surface area contributed by atoms with Gasteiger partial charge in [0.15, 0.2) is 5.69 Å². The maximum atomic E-state index is 12.8. The Bertz CT molecular complexity index is 984. The molecule has 1 aromatic carbocycles. The summed E-state index contributed by atoms with van der Waals surface area (Å²) in [5, 5.41) is 4.99. The molecule has 140 valence electrons. The van der Waals surface area contributed by atoms with Gasteiger partial charge in [-0.25, -0.2) is 4.68 Å². The van der Waals surface area contributed by atoms with Gasteiger partial charge in [0.2, 0.25) is 0 Å². The zero-order valence-electron chi connectivity index (χ0n) is 15.7. The molecule has 0 fully saturated rings. The second kappa shape index (κ2) is 7.80. The van der Waals surface area contributed by atoms with Gasteiger partial charge in [0.05, 0.1) is 25.0 Å². The first kappa shape index (κ1) is 18.9. The van der Waals surface area contributed by atoms with E-state index in [9.17, 15) is 4.79 Å². The van der Waals surface area contributed by atoms with E-state index in [-0.39, 0.29) is 5.91 Å². The average molecular weight is 385 g/mol. The van der Waals surface area contributed by atoms with Crippen molar-refractivity contribution < 1.29 is 9.53 Å². The van der Waals surface area contributed by atoms with Gasteiger partial charge in [0, 0.05) is 35.6 Å². The number of aromatic nitrogens is 3. The van der Waals surface area contributed by atoms with Gasteiger partial charge in [-0.05, 0) is 38.1 Å². The fourth-order valence-electron chi connectivity index (χ4n) is 2.92. The first-order chi connectivity index (χ1) is 12.9. The number of carbonyl (C=O) groups excluding carboxylic acids is 1. The fraction of sp³-hybridized carbons (Fsp3) is 0.250. The summed E-state index contributed by atoms with van der Waals surface area (Å²) in [6, 6.07) is 8.99. The molecule has 0 aliphatic rings. The predicted molar refractivity (Wildman–Crippen MR) is 105 cm³/mol. The van der Waals surface area contributed by atoms with Crippen molar-refractivity contribution in [1.82, 2.24) is 19.7 Å². The molecule has 0 aliphatic carbocycles. The molecule has 0 spiro atoms. The lowest BCUT2D eigenvalue weighted by Crippen LogP contribution is -2.27. The Kier molecular flexibility index (Phi) is 5.46. The van der Waals surface area contributed by atoms with Gasteiger partial charge in [-0.2, -0.15) is 5.10 Å². The normalized spacial score (nSPS) is 10.7. The van der Waals surface area contributed by atoms with Gasteiger partial charge < -0.3 is 9.64 Å². The Morgan fingerprint density at radius 2 is 2.07 bits per heavy atom. The summed E-state index contributed by atoms with van der Waals surface area (Å²) in [7, 11) is 3.37. The Labute approximate surface area is 163 Å². The van der Waals surface area contributed by atoms with Crippen molar-refractivity contribution in [2.24, 2.45) is 0 Å².